The first-order valence-corrected chi connectivity index (χ1v) is 19.1. The summed E-state index contributed by atoms with van der Waals surface area (Å²) in [5.41, 5.74) is 7.02. The Hall–Kier alpha value is -5.09. The fraction of sp³-hybridized carbons (Fsp3) is 0.421. The lowest BCUT2D eigenvalue weighted by molar-refractivity contribution is 0.107. The van der Waals surface area contributed by atoms with Crippen molar-refractivity contribution in [2.45, 2.75) is 70.2 Å². The summed E-state index contributed by atoms with van der Waals surface area (Å²) in [6.45, 7) is 7.65. The zero-order valence-corrected chi connectivity index (χ0v) is 31.5. The maximum atomic E-state index is 17.3. The highest BCUT2D eigenvalue weighted by molar-refractivity contribution is 7.23. The van der Waals surface area contributed by atoms with Crippen LogP contribution in [0, 0.1) is 35.4 Å². The predicted octanol–water partition coefficient (Wildman–Crippen LogP) is 7.05. The lowest BCUT2D eigenvalue weighted by Gasteiger charge is -2.35. The van der Waals surface area contributed by atoms with Crippen molar-refractivity contribution in [2.75, 3.05) is 43.4 Å². The van der Waals surface area contributed by atoms with Gasteiger partial charge >= 0.3 is 12.0 Å². The molecular formula is C38H37ClF2N10O2S. The normalized spacial score (nSPS) is 22.5. The van der Waals surface area contributed by atoms with E-state index in [2.05, 4.69) is 27.0 Å². The minimum absolute atomic E-state index is 0.0340. The lowest BCUT2D eigenvalue weighted by Crippen LogP contribution is -2.47. The SMILES string of the molecule is CCN(c1nc(OC[C@@]23CCCN2C[C@H](F)C3)nc2c(F)c(-c3cccc4sc(N)c(C#N)c34)c(Cl)cc12)[C@@H]1CCN(C(=O)n2cnc(C)c2C#N)[C@@H]1C. The van der Waals surface area contributed by atoms with Crippen LogP contribution in [-0.4, -0.2) is 91.9 Å². The average Bonchev–Trinajstić information content (AvgIpc) is 3.96. The Kier molecular flexibility index (Phi) is 9.07. The number of likely N-dealkylation sites (tertiary alicyclic amines) is 1. The molecule has 16 heteroatoms. The number of rotatable bonds is 7. The molecule has 1 amide bonds. The van der Waals surface area contributed by atoms with E-state index in [0.29, 0.717) is 70.0 Å². The van der Waals surface area contributed by atoms with Gasteiger partial charge in [-0.25, -0.2) is 23.1 Å². The van der Waals surface area contributed by atoms with Crippen molar-refractivity contribution in [3.8, 4) is 29.3 Å². The number of alkyl halides is 1. The Morgan fingerprint density at radius 1 is 1.26 bits per heavy atom. The Bertz CT molecular complexity index is 2420. The highest BCUT2D eigenvalue weighted by Crippen LogP contribution is 2.46. The fourth-order valence-electron chi connectivity index (χ4n) is 8.83. The van der Waals surface area contributed by atoms with Gasteiger partial charge in [-0.15, -0.1) is 11.3 Å². The molecule has 6 heterocycles. The van der Waals surface area contributed by atoms with Gasteiger partial charge in [0.05, 0.1) is 33.9 Å². The first kappa shape index (κ1) is 35.9. The molecule has 0 unspecified atom stereocenters. The maximum absolute atomic E-state index is 17.3. The number of aromatic nitrogens is 4. The van der Waals surface area contributed by atoms with Crippen LogP contribution in [-0.2, 0) is 0 Å². The highest BCUT2D eigenvalue weighted by Gasteiger charge is 2.49. The summed E-state index contributed by atoms with van der Waals surface area (Å²) >= 11 is 8.23. The first-order chi connectivity index (χ1) is 26.0. The number of nitrogens with two attached hydrogens (primary N) is 1. The van der Waals surface area contributed by atoms with Crippen molar-refractivity contribution < 1.29 is 18.3 Å². The molecule has 0 bridgehead atoms. The van der Waals surface area contributed by atoms with Crippen LogP contribution in [0.4, 0.5) is 24.4 Å². The number of amides is 1. The second-order valence-corrected chi connectivity index (χ2v) is 15.8. The van der Waals surface area contributed by atoms with Crippen molar-refractivity contribution in [1.29, 1.82) is 10.5 Å². The standard InChI is InChI=1S/C38H37ClF2N10O2S/c1-4-49(27-9-12-50(21(27)3)37(52)51-19-45-20(2)28(51)16-43)35-24-13-26(39)31(23-7-5-8-29-30(23)25(15-42)34(44)54-29)32(41)33(24)46-36(47-35)53-18-38-10-6-11-48(38)17-22(40)14-38/h5,7-8,13,19,21-22,27H,4,6,9-12,14,17-18,44H2,1-3H3/t21-,22-,27-,38+/m1/s1. The van der Waals surface area contributed by atoms with E-state index in [0.717, 1.165) is 19.4 Å². The fourth-order valence-corrected chi connectivity index (χ4v) is 10.1. The van der Waals surface area contributed by atoms with Gasteiger partial charge in [-0.2, -0.15) is 20.5 Å². The molecule has 3 fully saturated rings. The number of nitrogens with zero attached hydrogens (tertiary/aromatic N) is 9. The van der Waals surface area contributed by atoms with Gasteiger partial charge in [0, 0.05) is 47.1 Å². The summed E-state index contributed by atoms with van der Waals surface area (Å²) in [5, 5.41) is 20.9. The number of thiophene rings is 1. The third kappa shape index (κ3) is 5.60. The number of nitrogen functional groups attached to an aromatic ring is 1. The van der Waals surface area contributed by atoms with Gasteiger partial charge in [-0.3, -0.25) is 4.90 Å². The summed E-state index contributed by atoms with van der Waals surface area (Å²) in [7, 11) is 0. The minimum atomic E-state index is -0.961. The Morgan fingerprint density at radius 2 is 2.07 bits per heavy atom. The third-order valence-electron chi connectivity index (χ3n) is 11.4. The molecule has 54 heavy (non-hydrogen) atoms. The summed E-state index contributed by atoms with van der Waals surface area (Å²) in [6, 6.07) is 10.1. The van der Waals surface area contributed by atoms with Crippen molar-refractivity contribution in [2.24, 2.45) is 0 Å². The molecule has 3 saturated heterocycles. The third-order valence-corrected chi connectivity index (χ3v) is 12.7. The maximum Gasteiger partial charge on any atom is 0.330 e. The number of hydrogen-bond acceptors (Lipinski definition) is 11. The summed E-state index contributed by atoms with van der Waals surface area (Å²) in [4.78, 5) is 33.3. The Morgan fingerprint density at radius 3 is 2.83 bits per heavy atom. The number of hydrogen-bond donors (Lipinski definition) is 1. The van der Waals surface area contributed by atoms with Crippen LogP contribution in [0.15, 0.2) is 30.6 Å². The van der Waals surface area contributed by atoms with Crippen LogP contribution >= 0.6 is 22.9 Å². The molecule has 0 radical (unpaired) electrons. The van der Waals surface area contributed by atoms with Crippen molar-refractivity contribution in [3.63, 3.8) is 0 Å². The molecule has 3 aliphatic heterocycles. The van der Waals surface area contributed by atoms with Gasteiger partial charge in [0.2, 0.25) is 0 Å². The molecule has 2 aromatic carbocycles. The molecule has 8 rings (SSSR count). The topological polar surface area (TPSA) is 153 Å². The molecule has 5 aromatic rings. The molecule has 278 valence electrons. The van der Waals surface area contributed by atoms with Gasteiger partial charge in [0.25, 0.3) is 0 Å². The quantitative estimate of drug-likeness (QED) is 0.182. The monoisotopic (exact) mass is 770 g/mol. The molecule has 0 spiro atoms. The molecule has 4 atom stereocenters. The molecule has 3 aliphatic rings. The number of benzene rings is 2. The van der Waals surface area contributed by atoms with Crippen molar-refractivity contribution >= 4 is 60.8 Å². The molecule has 3 aromatic heterocycles. The van der Waals surface area contributed by atoms with Crippen LogP contribution < -0.4 is 15.4 Å². The summed E-state index contributed by atoms with van der Waals surface area (Å²) in [5.74, 6) is -0.345. The van der Waals surface area contributed by atoms with E-state index in [1.807, 2.05) is 24.8 Å². The number of aryl methyl sites for hydroxylation is 1. The molecular weight excluding hydrogens is 734 g/mol. The summed E-state index contributed by atoms with van der Waals surface area (Å²) in [6.07, 6.45) is 2.99. The number of carbonyl (C=O) groups excluding carboxylic acids is 1. The van der Waals surface area contributed by atoms with Gasteiger partial charge in [-0.05, 0) is 64.3 Å². The number of carbonyl (C=O) groups is 1. The lowest BCUT2D eigenvalue weighted by atomic mass is 9.95. The van der Waals surface area contributed by atoms with E-state index in [1.54, 1.807) is 30.0 Å². The van der Waals surface area contributed by atoms with E-state index in [9.17, 15) is 19.7 Å². The number of ether oxygens (including phenoxy) is 1. The Labute approximate surface area is 319 Å². The van der Waals surface area contributed by atoms with E-state index >= 15 is 4.39 Å². The number of fused-ring (bicyclic) bond motifs is 3. The van der Waals surface area contributed by atoms with Gasteiger partial charge in [0.1, 0.15) is 47.6 Å². The summed E-state index contributed by atoms with van der Waals surface area (Å²) < 4.78 is 40.3. The van der Waals surface area contributed by atoms with Gasteiger partial charge < -0.3 is 20.3 Å². The van der Waals surface area contributed by atoms with Crippen molar-refractivity contribution in [1.82, 2.24) is 29.3 Å². The first-order valence-electron chi connectivity index (χ1n) is 17.9. The van der Waals surface area contributed by atoms with Gasteiger partial charge in [0.15, 0.2) is 11.5 Å². The van der Waals surface area contributed by atoms with E-state index in [1.165, 1.54) is 22.2 Å². The zero-order chi connectivity index (χ0) is 38.1. The highest BCUT2D eigenvalue weighted by atomic mass is 35.5. The number of halogens is 3. The number of likely N-dealkylation sites (N-methyl/N-ethyl adjacent to an activating group) is 1. The van der Waals surface area contributed by atoms with Crippen LogP contribution in [0.1, 0.15) is 56.5 Å². The second kappa shape index (κ2) is 13.6. The van der Waals surface area contributed by atoms with Crippen LogP contribution in [0.5, 0.6) is 6.01 Å². The zero-order valence-electron chi connectivity index (χ0n) is 29.9. The second-order valence-electron chi connectivity index (χ2n) is 14.3. The molecule has 2 N–H and O–H groups in total. The van der Waals surface area contributed by atoms with Crippen molar-refractivity contribution in [3.05, 3.63) is 58.4 Å². The van der Waals surface area contributed by atoms with Crippen LogP contribution in [0.3, 0.4) is 0 Å². The van der Waals surface area contributed by atoms with E-state index in [-0.39, 0.29) is 58.1 Å². The number of anilines is 2. The molecule has 0 aliphatic carbocycles. The number of nitriles is 2. The van der Waals surface area contributed by atoms with Gasteiger partial charge in [-0.1, -0.05) is 23.7 Å². The van der Waals surface area contributed by atoms with E-state index in [4.69, 9.17) is 27.1 Å². The van der Waals surface area contributed by atoms with Crippen LogP contribution in [0.25, 0.3) is 32.1 Å². The van der Waals surface area contributed by atoms with E-state index < -0.39 is 17.5 Å². The van der Waals surface area contributed by atoms with Crippen LogP contribution in [0.2, 0.25) is 5.02 Å². The molecule has 12 nitrogen and oxygen atoms in total. The average molecular weight is 771 g/mol. The largest absolute Gasteiger partial charge is 0.461 e. The smallest absolute Gasteiger partial charge is 0.330 e. The minimum Gasteiger partial charge on any atom is -0.461 e. The number of imidazole rings is 1. The Balaban J connectivity index is 1.25. The predicted molar refractivity (Wildman–Crippen MR) is 203 cm³/mol. The molecule has 0 saturated carbocycles.